The van der Waals surface area contributed by atoms with Crippen molar-refractivity contribution in [2.75, 3.05) is 5.32 Å². The first-order valence-corrected chi connectivity index (χ1v) is 8.50. The van der Waals surface area contributed by atoms with E-state index in [4.69, 9.17) is 11.6 Å². The molecule has 0 saturated carbocycles. The van der Waals surface area contributed by atoms with Crippen LogP contribution in [0, 0.1) is 19.3 Å². The largest absolute Gasteiger partial charge is 0.351 e. The first kappa shape index (κ1) is 19.0. The normalized spacial score (nSPS) is 11.1. The number of aryl methyl sites for hydroxylation is 1. The van der Waals surface area contributed by atoms with E-state index in [9.17, 15) is 9.59 Å². The van der Waals surface area contributed by atoms with Gasteiger partial charge in [-0.05, 0) is 51.0 Å². The van der Waals surface area contributed by atoms with Crippen molar-refractivity contribution in [2.24, 2.45) is 5.41 Å². The van der Waals surface area contributed by atoms with Gasteiger partial charge in [-0.15, -0.1) is 0 Å². The van der Waals surface area contributed by atoms with Gasteiger partial charge in [-0.2, -0.15) is 0 Å². The predicted molar refractivity (Wildman–Crippen MR) is 102 cm³/mol. The second-order valence-corrected chi connectivity index (χ2v) is 7.07. The quantitative estimate of drug-likeness (QED) is 0.785. The van der Waals surface area contributed by atoms with Gasteiger partial charge in [0.15, 0.2) is 0 Å². The smallest absolute Gasteiger partial charge is 0.239 e. The summed E-state index contributed by atoms with van der Waals surface area (Å²) >= 11 is 6.07. The Balaban J connectivity index is 2.03. The van der Waals surface area contributed by atoms with Crippen molar-refractivity contribution >= 4 is 29.1 Å². The van der Waals surface area contributed by atoms with Crippen LogP contribution in [0.25, 0.3) is 0 Å². The van der Waals surface area contributed by atoms with Gasteiger partial charge in [-0.1, -0.05) is 47.5 Å². The fraction of sp³-hybridized carbons (Fsp3) is 0.300. The average molecular weight is 359 g/mol. The lowest BCUT2D eigenvalue weighted by molar-refractivity contribution is -0.138. The third-order valence-corrected chi connectivity index (χ3v) is 4.63. The maximum absolute atomic E-state index is 12.6. The van der Waals surface area contributed by atoms with Crippen molar-refractivity contribution in [3.05, 3.63) is 64.2 Å². The van der Waals surface area contributed by atoms with Crippen molar-refractivity contribution in [3.63, 3.8) is 0 Å². The first-order chi connectivity index (χ1) is 11.7. The standard InChI is InChI=1S/C20H23ClN2O2/c1-13-8-10-15(11-9-13)12-22-18(24)20(3,4)19(25)23-17-7-5-6-16(21)14(17)2/h5-11H,12H2,1-4H3,(H,22,24)(H,23,25). The van der Waals surface area contributed by atoms with Crippen LogP contribution in [0.4, 0.5) is 5.69 Å². The predicted octanol–water partition coefficient (Wildman–Crippen LogP) is 4.24. The molecule has 0 heterocycles. The molecule has 0 atom stereocenters. The molecule has 132 valence electrons. The lowest BCUT2D eigenvalue weighted by Gasteiger charge is -2.23. The van der Waals surface area contributed by atoms with Gasteiger partial charge in [0.2, 0.25) is 11.8 Å². The highest BCUT2D eigenvalue weighted by Gasteiger charge is 2.36. The molecule has 2 aromatic carbocycles. The van der Waals surface area contributed by atoms with E-state index in [2.05, 4.69) is 10.6 Å². The molecule has 2 N–H and O–H groups in total. The number of benzene rings is 2. The van der Waals surface area contributed by atoms with Gasteiger partial charge in [0.1, 0.15) is 5.41 Å². The minimum Gasteiger partial charge on any atom is -0.351 e. The van der Waals surface area contributed by atoms with Crippen molar-refractivity contribution in [1.82, 2.24) is 5.32 Å². The van der Waals surface area contributed by atoms with E-state index in [0.29, 0.717) is 17.3 Å². The van der Waals surface area contributed by atoms with E-state index in [1.54, 1.807) is 32.0 Å². The van der Waals surface area contributed by atoms with Crippen LogP contribution in [0.3, 0.4) is 0 Å². The highest BCUT2D eigenvalue weighted by Crippen LogP contribution is 2.25. The fourth-order valence-electron chi connectivity index (χ4n) is 2.23. The minimum atomic E-state index is -1.21. The molecule has 0 aliphatic rings. The number of rotatable bonds is 5. The Morgan fingerprint density at radius 1 is 1.00 bits per heavy atom. The van der Waals surface area contributed by atoms with Gasteiger partial charge in [-0.3, -0.25) is 9.59 Å². The number of hydrogen-bond donors (Lipinski definition) is 2. The third-order valence-electron chi connectivity index (χ3n) is 4.22. The zero-order valence-electron chi connectivity index (χ0n) is 14.9. The van der Waals surface area contributed by atoms with Crippen LogP contribution < -0.4 is 10.6 Å². The zero-order valence-corrected chi connectivity index (χ0v) is 15.7. The van der Waals surface area contributed by atoms with Crippen molar-refractivity contribution in [3.8, 4) is 0 Å². The van der Waals surface area contributed by atoms with Crippen molar-refractivity contribution in [2.45, 2.75) is 34.2 Å². The molecule has 2 amide bonds. The molecular formula is C20H23ClN2O2. The van der Waals surface area contributed by atoms with Gasteiger partial charge >= 0.3 is 0 Å². The monoisotopic (exact) mass is 358 g/mol. The highest BCUT2D eigenvalue weighted by molar-refractivity contribution is 6.31. The zero-order chi connectivity index (χ0) is 18.6. The summed E-state index contributed by atoms with van der Waals surface area (Å²) < 4.78 is 0. The van der Waals surface area contributed by atoms with Crippen LogP contribution in [-0.4, -0.2) is 11.8 Å². The van der Waals surface area contributed by atoms with E-state index in [-0.39, 0.29) is 11.8 Å². The molecule has 0 aromatic heterocycles. The molecule has 5 heteroatoms. The molecule has 0 spiro atoms. The second-order valence-electron chi connectivity index (χ2n) is 6.66. The van der Waals surface area contributed by atoms with Crippen molar-refractivity contribution < 1.29 is 9.59 Å². The summed E-state index contributed by atoms with van der Waals surface area (Å²) in [5.41, 5.74) is 2.32. The Kier molecular flexibility index (Phi) is 5.85. The van der Waals surface area contributed by atoms with E-state index < -0.39 is 5.41 Å². The van der Waals surface area contributed by atoms with E-state index in [0.717, 1.165) is 16.7 Å². The Morgan fingerprint density at radius 3 is 2.28 bits per heavy atom. The minimum absolute atomic E-state index is 0.328. The summed E-state index contributed by atoms with van der Waals surface area (Å²) in [4.78, 5) is 25.1. The lowest BCUT2D eigenvalue weighted by atomic mass is 9.90. The van der Waals surface area contributed by atoms with Crippen LogP contribution in [0.2, 0.25) is 5.02 Å². The molecule has 0 aliphatic heterocycles. The second kappa shape index (κ2) is 7.70. The summed E-state index contributed by atoms with van der Waals surface area (Å²) in [7, 11) is 0. The Labute approximate surface area is 153 Å². The maximum atomic E-state index is 12.6. The van der Waals surface area contributed by atoms with Crippen LogP contribution in [-0.2, 0) is 16.1 Å². The van der Waals surface area contributed by atoms with Gasteiger partial charge in [-0.25, -0.2) is 0 Å². The Morgan fingerprint density at radius 2 is 1.64 bits per heavy atom. The molecule has 0 bridgehead atoms. The summed E-state index contributed by atoms with van der Waals surface area (Å²) in [5, 5.41) is 6.19. The number of halogens is 1. The Hall–Kier alpha value is -2.33. The number of nitrogens with one attached hydrogen (secondary N) is 2. The molecule has 4 nitrogen and oxygen atoms in total. The number of hydrogen-bond acceptors (Lipinski definition) is 2. The molecule has 0 saturated heterocycles. The lowest BCUT2D eigenvalue weighted by Crippen LogP contribution is -2.45. The van der Waals surface area contributed by atoms with Crippen LogP contribution in [0.15, 0.2) is 42.5 Å². The molecule has 25 heavy (non-hydrogen) atoms. The summed E-state index contributed by atoms with van der Waals surface area (Å²) in [6.07, 6.45) is 0. The number of carbonyl (C=O) groups excluding carboxylic acids is 2. The number of carbonyl (C=O) groups is 2. The summed E-state index contributed by atoms with van der Waals surface area (Å²) in [5.74, 6) is -0.704. The van der Waals surface area contributed by atoms with Gasteiger partial charge < -0.3 is 10.6 Å². The molecule has 2 rings (SSSR count). The summed E-state index contributed by atoms with van der Waals surface area (Å²) in [6, 6.07) is 13.2. The maximum Gasteiger partial charge on any atom is 0.239 e. The first-order valence-electron chi connectivity index (χ1n) is 8.12. The van der Waals surface area contributed by atoms with E-state index in [1.807, 2.05) is 38.1 Å². The number of anilines is 1. The SMILES string of the molecule is Cc1ccc(CNC(=O)C(C)(C)C(=O)Nc2cccc(Cl)c2C)cc1. The molecule has 0 unspecified atom stereocenters. The molecule has 0 radical (unpaired) electrons. The number of amides is 2. The van der Waals surface area contributed by atoms with Gasteiger partial charge in [0, 0.05) is 17.3 Å². The fourth-order valence-corrected chi connectivity index (χ4v) is 2.41. The van der Waals surface area contributed by atoms with Crippen LogP contribution in [0.5, 0.6) is 0 Å². The molecule has 0 fully saturated rings. The van der Waals surface area contributed by atoms with Crippen molar-refractivity contribution in [1.29, 1.82) is 0 Å². The molecule has 2 aromatic rings. The summed E-state index contributed by atoms with van der Waals surface area (Å²) in [6.45, 7) is 7.42. The highest BCUT2D eigenvalue weighted by atomic mass is 35.5. The topological polar surface area (TPSA) is 58.2 Å². The van der Waals surface area contributed by atoms with Gasteiger partial charge in [0.25, 0.3) is 0 Å². The Bertz CT molecular complexity index is 783. The van der Waals surface area contributed by atoms with Crippen LogP contribution >= 0.6 is 11.6 Å². The van der Waals surface area contributed by atoms with E-state index >= 15 is 0 Å². The van der Waals surface area contributed by atoms with Gasteiger partial charge in [0.05, 0.1) is 0 Å². The average Bonchev–Trinajstić information content (AvgIpc) is 2.58. The molecule has 0 aliphatic carbocycles. The van der Waals surface area contributed by atoms with Crippen LogP contribution in [0.1, 0.15) is 30.5 Å². The van der Waals surface area contributed by atoms with E-state index in [1.165, 1.54) is 0 Å². The third kappa shape index (κ3) is 4.60. The molecular weight excluding hydrogens is 336 g/mol.